The van der Waals surface area contributed by atoms with Gasteiger partial charge in [-0.2, -0.15) is 0 Å². The molecule has 0 fully saturated rings. The Hall–Kier alpha value is -0.800. The highest BCUT2D eigenvalue weighted by Gasteiger charge is 2.11. The summed E-state index contributed by atoms with van der Waals surface area (Å²) in [5, 5.41) is 4.09. The lowest BCUT2D eigenvalue weighted by Crippen LogP contribution is -2.35. The van der Waals surface area contributed by atoms with E-state index in [0.29, 0.717) is 11.6 Å². The largest absolute Gasteiger partial charge is 0.363 e. The van der Waals surface area contributed by atoms with Gasteiger partial charge in [0.05, 0.1) is 10.7 Å². The van der Waals surface area contributed by atoms with E-state index >= 15 is 0 Å². The van der Waals surface area contributed by atoms with Gasteiger partial charge in [0, 0.05) is 26.2 Å². The van der Waals surface area contributed by atoms with E-state index in [1.807, 2.05) is 31.1 Å². The maximum absolute atomic E-state index is 6.11. The van der Waals surface area contributed by atoms with Crippen molar-refractivity contribution in [3.8, 4) is 0 Å². The zero-order chi connectivity index (χ0) is 12.3. The highest BCUT2D eigenvalue weighted by Crippen LogP contribution is 2.18. The standard InChI is InChI=1S/C12H20ClN3/c1-12(2,3)14-8-10-9(13)6-7-11(15-10)16(4)5/h6-7,14H,8H2,1-5H3. The molecule has 0 bridgehead atoms. The molecular weight excluding hydrogens is 222 g/mol. The number of nitrogens with one attached hydrogen (secondary N) is 1. The summed E-state index contributed by atoms with van der Waals surface area (Å²) in [6, 6.07) is 3.81. The van der Waals surface area contributed by atoms with Crippen LogP contribution in [0, 0.1) is 0 Å². The SMILES string of the molecule is CN(C)c1ccc(Cl)c(CNC(C)(C)C)n1. The maximum atomic E-state index is 6.11. The van der Waals surface area contributed by atoms with E-state index in [0.717, 1.165) is 11.5 Å². The summed E-state index contributed by atoms with van der Waals surface area (Å²) in [7, 11) is 3.94. The number of halogens is 1. The first-order chi connectivity index (χ1) is 7.29. The Morgan fingerprint density at radius 3 is 2.44 bits per heavy atom. The number of anilines is 1. The summed E-state index contributed by atoms with van der Waals surface area (Å²) in [6.45, 7) is 7.05. The van der Waals surface area contributed by atoms with Crippen molar-refractivity contribution < 1.29 is 0 Å². The summed E-state index contributed by atoms with van der Waals surface area (Å²) < 4.78 is 0. The zero-order valence-electron chi connectivity index (χ0n) is 10.6. The molecule has 1 aromatic heterocycles. The van der Waals surface area contributed by atoms with E-state index in [-0.39, 0.29) is 5.54 Å². The number of hydrogen-bond acceptors (Lipinski definition) is 3. The van der Waals surface area contributed by atoms with Crippen LogP contribution in [-0.4, -0.2) is 24.6 Å². The fourth-order valence-electron chi connectivity index (χ4n) is 1.19. The summed E-state index contributed by atoms with van der Waals surface area (Å²) in [5.41, 5.74) is 0.960. The van der Waals surface area contributed by atoms with Crippen molar-refractivity contribution in [2.75, 3.05) is 19.0 Å². The highest BCUT2D eigenvalue weighted by atomic mass is 35.5. The molecule has 0 saturated heterocycles. The molecule has 0 spiro atoms. The quantitative estimate of drug-likeness (QED) is 0.882. The Bertz CT molecular complexity index is 356. The van der Waals surface area contributed by atoms with Crippen LogP contribution < -0.4 is 10.2 Å². The van der Waals surface area contributed by atoms with Gasteiger partial charge in [-0.1, -0.05) is 11.6 Å². The maximum Gasteiger partial charge on any atom is 0.128 e. The molecule has 1 aromatic rings. The van der Waals surface area contributed by atoms with Crippen molar-refractivity contribution in [1.82, 2.24) is 10.3 Å². The van der Waals surface area contributed by atoms with Gasteiger partial charge in [0.15, 0.2) is 0 Å². The summed E-state index contributed by atoms with van der Waals surface area (Å²) in [6.07, 6.45) is 0. The minimum absolute atomic E-state index is 0.0686. The molecule has 0 aliphatic rings. The molecule has 4 heteroatoms. The van der Waals surface area contributed by atoms with Crippen LogP contribution in [-0.2, 0) is 6.54 Å². The van der Waals surface area contributed by atoms with Crippen LogP contribution >= 0.6 is 11.6 Å². The second-order valence-electron chi connectivity index (χ2n) is 5.10. The highest BCUT2D eigenvalue weighted by molar-refractivity contribution is 6.31. The average Bonchev–Trinajstić information content (AvgIpc) is 2.14. The molecule has 0 unspecified atom stereocenters. The number of hydrogen-bond donors (Lipinski definition) is 1. The van der Waals surface area contributed by atoms with Gasteiger partial charge >= 0.3 is 0 Å². The summed E-state index contributed by atoms with van der Waals surface area (Å²) in [5.74, 6) is 0.926. The first-order valence-electron chi connectivity index (χ1n) is 5.37. The molecule has 0 aliphatic heterocycles. The first-order valence-corrected chi connectivity index (χ1v) is 5.75. The molecule has 0 atom stereocenters. The van der Waals surface area contributed by atoms with Crippen LogP contribution in [0.2, 0.25) is 5.02 Å². The smallest absolute Gasteiger partial charge is 0.128 e. The third-order valence-corrected chi connectivity index (χ3v) is 2.49. The number of aromatic nitrogens is 1. The summed E-state index contributed by atoms with van der Waals surface area (Å²) >= 11 is 6.11. The second-order valence-corrected chi connectivity index (χ2v) is 5.50. The monoisotopic (exact) mass is 241 g/mol. The van der Waals surface area contributed by atoms with Crippen LogP contribution in [0.25, 0.3) is 0 Å². The number of rotatable bonds is 3. The molecule has 1 rings (SSSR count). The molecule has 1 N–H and O–H groups in total. The Balaban J connectivity index is 2.82. The van der Waals surface area contributed by atoms with Gasteiger partial charge in [-0.15, -0.1) is 0 Å². The van der Waals surface area contributed by atoms with Crippen LogP contribution in [0.3, 0.4) is 0 Å². The topological polar surface area (TPSA) is 28.2 Å². The van der Waals surface area contributed by atoms with Crippen LogP contribution in [0.5, 0.6) is 0 Å². The van der Waals surface area contributed by atoms with E-state index in [2.05, 4.69) is 31.1 Å². The Labute approximate surface area is 103 Å². The molecule has 16 heavy (non-hydrogen) atoms. The van der Waals surface area contributed by atoms with E-state index < -0.39 is 0 Å². The second kappa shape index (κ2) is 5.02. The fraction of sp³-hybridized carbons (Fsp3) is 0.583. The molecule has 1 heterocycles. The molecule has 0 aliphatic carbocycles. The van der Waals surface area contributed by atoms with Crippen LogP contribution in [0.15, 0.2) is 12.1 Å². The zero-order valence-corrected chi connectivity index (χ0v) is 11.4. The van der Waals surface area contributed by atoms with Gasteiger partial charge in [0.1, 0.15) is 5.82 Å². The van der Waals surface area contributed by atoms with Crippen molar-refractivity contribution in [2.24, 2.45) is 0 Å². The predicted molar refractivity (Wildman–Crippen MR) is 70.2 cm³/mol. The van der Waals surface area contributed by atoms with E-state index in [9.17, 15) is 0 Å². The lowest BCUT2D eigenvalue weighted by Gasteiger charge is -2.21. The minimum atomic E-state index is 0.0686. The molecule has 90 valence electrons. The molecule has 3 nitrogen and oxygen atoms in total. The van der Waals surface area contributed by atoms with Crippen LogP contribution in [0.1, 0.15) is 26.5 Å². The average molecular weight is 242 g/mol. The first kappa shape index (κ1) is 13.3. The van der Waals surface area contributed by atoms with Crippen molar-refractivity contribution in [3.05, 3.63) is 22.8 Å². The third kappa shape index (κ3) is 3.99. The Kier molecular flexibility index (Phi) is 4.16. The molecule has 0 aromatic carbocycles. The fourth-order valence-corrected chi connectivity index (χ4v) is 1.37. The minimum Gasteiger partial charge on any atom is -0.363 e. The van der Waals surface area contributed by atoms with Gasteiger partial charge in [-0.3, -0.25) is 0 Å². The molecule has 0 saturated carbocycles. The molecular formula is C12H20ClN3. The number of pyridine rings is 1. The predicted octanol–water partition coefficient (Wildman–Crippen LogP) is 2.69. The van der Waals surface area contributed by atoms with Crippen molar-refractivity contribution in [1.29, 1.82) is 0 Å². The van der Waals surface area contributed by atoms with E-state index in [1.165, 1.54) is 0 Å². The molecule has 0 amide bonds. The number of nitrogens with zero attached hydrogens (tertiary/aromatic N) is 2. The van der Waals surface area contributed by atoms with Crippen molar-refractivity contribution in [3.63, 3.8) is 0 Å². The lowest BCUT2D eigenvalue weighted by atomic mass is 10.1. The normalized spacial score (nSPS) is 11.6. The summed E-state index contributed by atoms with van der Waals surface area (Å²) in [4.78, 5) is 6.48. The Morgan fingerprint density at radius 1 is 1.31 bits per heavy atom. The lowest BCUT2D eigenvalue weighted by molar-refractivity contribution is 0.421. The van der Waals surface area contributed by atoms with Gasteiger partial charge in [-0.05, 0) is 32.9 Å². The van der Waals surface area contributed by atoms with Crippen LogP contribution in [0.4, 0.5) is 5.82 Å². The third-order valence-electron chi connectivity index (χ3n) is 2.15. The van der Waals surface area contributed by atoms with Crippen molar-refractivity contribution in [2.45, 2.75) is 32.9 Å². The van der Waals surface area contributed by atoms with E-state index in [1.54, 1.807) is 0 Å². The van der Waals surface area contributed by atoms with Gasteiger partial charge in [0.25, 0.3) is 0 Å². The van der Waals surface area contributed by atoms with Gasteiger partial charge in [-0.25, -0.2) is 4.98 Å². The molecule has 0 radical (unpaired) electrons. The van der Waals surface area contributed by atoms with Gasteiger partial charge in [0.2, 0.25) is 0 Å². The van der Waals surface area contributed by atoms with Gasteiger partial charge < -0.3 is 10.2 Å². The Morgan fingerprint density at radius 2 is 1.94 bits per heavy atom. The van der Waals surface area contributed by atoms with Crippen molar-refractivity contribution >= 4 is 17.4 Å². The van der Waals surface area contributed by atoms with E-state index in [4.69, 9.17) is 11.6 Å².